The minimum atomic E-state index is 0.125. The monoisotopic (exact) mass is 393 g/mol. The number of hydrogen-bond donors (Lipinski definition) is 1. The lowest BCUT2D eigenvalue weighted by atomic mass is 10.1. The predicted molar refractivity (Wildman–Crippen MR) is 111 cm³/mol. The highest BCUT2D eigenvalue weighted by atomic mass is 16.3. The smallest absolute Gasteiger partial charge is 0.0999 e. The standard InChI is InChI=1S/C21H27N7O/c1-4-18(5-2)27-13-17(11-24-27)21-20-6-8-22-28(20)14-19(25-21)16-10-23-26(12-16)15(3)7-9-29/h6,8,10-15,18,29H,4-5,7,9H2,1-3H3. The van der Waals surface area contributed by atoms with Gasteiger partial charge in [0, 0.05) is 30.1 Å². The second-order valence-corrected chi connectivity index (χ2v) is 7.39. The first-order valence-electron chi connectivity index (χ1n) is 10.2. The lowest BCUT2D eigenvalue weighted by Crippen LogP contribution is -2.07. The Balaban J connectivity index is 1.76. The quantitative estimate of drug-likeness (QED) is 0.493. The van der Waals surface area contributed by atoms with Crippen molar-refractivity contribution in [2.45, 2.75) is 52.1 Å². The fraction of sp³-hybridized carbons (Fsp3) is 0.429. The molecule has 0 spiro atoms. The van der Waals surface area contributed by atoms with Crippen LogP contribution in [-0.2, 0) is 0 Å². The van der Waals surface area contributed by atoms with Crippen LogP contribution in [0.4, 0.5) is 0 Å². The summed E-state index contributed by atoms with van der Waals surface area (Å²) in [5, 5.41) is 22.6. The zero-order valence-corrected chi connectivity index (χ0v) is 17.1. The summed E-state index contributed by atoms with van der Waals surface area (Å²) in [7, 11) is 0. The molecular formula is C21H27N7O. The van der Waals surface area contributed by atoms with Gasteiger partial charge in [-0.15, -0.1) is 0 Å². The first kappa shape index (κ1) is 19.3. The predicted octanol–water partition coefficient (Wildman–Crippen LogP) is 3.76. The molecule has 0 aliphatic rings. The fourth-order valence-electron chi connectivity index (χ4n) is 3.63. The van der Waals surface area contributed by atoms with Gasteiger partial charge in [-0.1, -0.05) is 13.8 Å². The third-order valence-electron chi connectivity index (χ3n) is 5.48. The van der Waals surface area contributed by atoms with Crippen molar-refractivity contribution < 1.29 is 5.11 Å². The van der Waals surface area contributed by atoms with Gasteiger partial charge in [0.25, 0.3) is 0 Å². The maximum atomic E-state index is 9.18. The molecule has 1 unspecified atom stereocenters. The zero-order valence-electron chi connectivity index (χ0n) is 17.1. The highest BCUT2D eigenvalue weighted by Gasteiger charge is 2.16. The minimum absolute atomic E-state index is 0.125. The van der Waals surface area contributed by atoms with Gasteiger partial charge in [-0.05, 0) is 32.3 Å². The lowest BCUT2D eigenvalue weighted by Gasteiger charge is -2.12. The number of nitrogens with zero attached hydrogens (tertiary/aromatic N) is 7. The summed E-state index contributed by atoms with van der Waals surface area (Å²) < 4.78 is 5.75. The second-order valence-electron chi connectivity index (χ2n) is 7.39. The van der Waals surface area contributed by atoms with Crippen LogP contribution in [0.5, 0.6) is 0 Å². The van der Waals surface area contributed by atoms with E-state index in [0.29, 0.717) is 12.5 Å². The van der Waals surface area contributed by atoms with E-state index in [1.165, 1.54) is 0 Å². The molecule has 0 radical (unpaired) electrons. The number of aliphatic hydroxyl groups is 1. The molecule has 0 saturated carbocycles. The molecule has 152 valence electrons. The molecule has 4 rings (SSSR count). The first-order chi connectivity index (χ1) is 14.1. The Kier molecular flexibility index (Phi) is 5.44. The SMILES string of the molecule is CCC(CC)n1cc(-c2nc(-c3cnn(C(C)CCO)c3)cn3nccc23)cn1. The Labute approximate surface area is 169 Å². The van der Waals surface area contributed by atoms with E-state index < -0.39 is 0 Å². The van der Waals surface area contributed by atoms with E-state index in [0.717, 1.165) is 40.9 Å². The van der Waals surface area contributed by atoms with Gasteiger partial charge in [0.2, 0.25) is 0 Å². The van der Waals surface area contributed by atoms with Crippen molar-refractivity contribution in [3.8, 4) is 22.5 Å². The van der Waals surface area contributed by atoms with Crippen molar-refractivity contribution in [2.75, 3.05) is 6.61 Å². The molecule has 1 atom stereocenters. The Bertz CT molecular complexity index is 1090. The molecule has 0 aromatic carbocycles. The lowest BCUT2D eigenvalue weighted by molar-refractivity contribution is 0.257. The molecule has 0 bridgehead atoms. The first-order valence-corrected chi connectivity index (χ1v) is 10.2. The van der Waals surface area contributed by atoms with Gasteiger partial charge in [0.05, 0.1) is 53.8 Å². The third-order valence-corrected chi connectivity index (χ3v) is 5.48. The number of aromatic nitrogens is 7. The molecule has 1 N–H and O–H groups in total. The van der Waals surface area contributed by atoms with Gasteiger partial charge in [-0.2, -0.15) is 15.3 Å². The summed E-state index contributed by atoms with van der Waals surface area (Å²) in [6, 6.07) is 2.48. The van der Waals surface area contributed by atoms with Crippen LogP contribution in [0.15, 0.2) is 43.2 Å². The van der Waals surface area contributed by atoms with E-state index in [2.05, 4.69) is 35.3 Å². The zero-order chi connectivity index (χ0) is 20.4. The highest BCUT2D eigenvalue weighted by Crippen LogP contribution is 2.28. The van der Waals surface area contributed by atoms with Crippen LogP contribution in [0.2, 0.25) is 0 Å². The van der Waals surface area contributed by atoms with Crippen molar-refractivity contribution >= 4 is 5.52 Å². The van der Waals surface area contributed by atoms with Crippen LogP contribution in [0, 0.1) is 0 Å². The Morgan fingerprint density at radius 2 is 1.69 bits per heavy atom. The normalized spacial score (nSPS) is 12.9. The van der Waals surface area contributed by atoms with Gasteiger partial charge < -0.3 is 5.11 Å². The number of aliphatic hydroxyl groups excluding tert-OH is 1. The van der Waals surface area contributed by atoms with Crippen LogP contribution in [0.25, 0.3) is 28.0 Å². The molecule has 4 aromatic heterocycles. The van der Waals surface area contributed by atoms with Gasteiger partial charge >= 0.3 is 0 Å². The molecule has 0 saturated heterocycles. The Morgan fingerprint density at radius 3 is 2.45 bits per heavy atom. The number of hydrogen-bond acceptors (Lipinski definition) is 5. The number of rotatable bonds is 8. The Hall–Kier alpha value is -3.00. The van der Waals surface area contributed by atoms with Crippen LogP contribution >= 0.6 is 0 Å². The highest BCUT2D eigenvalue weighted by molar-refractivity contribution is 5.78. The van der Waals surface area contributed by atoms with E-state index in [4.69, 9.17) is 4.98 Å². The van der Waals surface area contributed by atoms with E-state index in [9.17, 15) is 5.11 Å². The summed E-state index contributed by atoms with van der Waals surface area (Å²) in [4.78, 5) is 4.94. The summed E-state index contributed by atoms with van der Waals surface area (Å²) in [5.74, 6) is 0. The van der Waals surface area contributed by atoms with Crippen molar-refractivity contribution in [1.82, 2.24) is 34.2 Å². The van der Waals surface area contributed by atoms with E-state index in [1.807, 2.05) is 51.7 Å². The topological polar surface area (TPSA) is 86.1 Å². The van der Waals surface area contributed by atoms with E-state index >= 15 is 0 Å². The maximum Gasteiger partial charge on any atom is 0.0999 e. The fourth-order valence-corrected chi connectivity index (χ4v) is 3.63. The van der Waals surface area contributed by atoms with Crippen LogP contribution in [0.3, 0.4) is 0 Å². The maximum absolute atomic E-state index is 9.18. The van der Waals surface area contributed by atoms with Crippen LogP contribution < -0.4 is 0 Å². The van der Waals surface area contributed by atoms with Crippen LogP contribution in [-0.4, -0.2) is 45.9 Å². The molecular weight excluding hydrogens is 366 g/mol. The summed E-state index contributed by atoms with van der Waals surface area (Å²) in [6.07, 6.45) is 14.2. The Morgan fingerprint density at radius 1 is 0.966 bits per heavy atom. The molecule has 8 heteroatoms. The summed E-state index contributed by atoms with van der Waals surface area (Å²) in [5.41, 5.74) is 4.49. The molecule has 0 aliphatic carbocycles. The largest absolute Gasteiger partial charge is 0.396 e. The molecule has 4 aromatic rings. The number of fused-ring (bicyclic) bond motifs is 1. The molecule has 0 amide bonds. The van der Waals surface area contributed by atoms with Crippen molar-refractivity contribution in [3.05, 3.63) is 43.2 Å². The third kappa shape index (κ3) is 3.67. The van der Waals surface area contributed by atoms with Gasteiger partial charge in [0.15, 0.2) is 0 Å². The molecule has 8 nitrogen and oxygen atoms in total. The summed E-state index contributed by atoms with van der Waals surface area (Å²) >= 11 is 0. The van der Waals surface area contributed by atoms with Crippen LogP contribution in [0.1, 0.15) is 52.1 Å². The average molecular weight is 393 g/mol. The van der Waals surface area contributed by atoms with Gasteiger partial charge in [-0.25, -0.2) is 9.50 Å². The van der Waals surface area contributed by atoms with E-state index in [-0.39, 0.29) is 12.6 Å². The molecule has 4 heterocycles. The average Bonchev–Trinajstić information content (AvgIpc) is 3.48. The summed E-state index contributed by atoms with van der Waals surface area (Å²) in [6.45, 7) is 6.53. The van der Waals surface area contributed by atoms with E-state index in [1.54, 1.807) is 6.20 Å². The molecule has 29 heavy (non-hydrogen) atoms. The van der Waals surface area contributed by atoms with Crippen molar-refractivity contribution in [3.63, 3.8) is 0 Å². The van der Waals surface area contributed by atoms with Crippen molar-refractivity contribution in [2.24, 2.45) is 0 Å². The minimum Gasteiger partial charge on any atom is -0.396 e. The second kappa shape index (κ2) is 8.16. The molecule has 0 fully saturated rings. The van der Waals surface area contributed by atoms with Gasteiger partial charge in [0.1, 0.15) is 0 Å². The van der Waals surface area contributed by atoms with Crippen molar-refractivity contribution in [1.29, 1.82) is 0 Å². The molecule has 0 aliphatic heterocycles. The van der Waals surface area contributed by atoms with Gasteiger partial charge in [-0.3, -0.25) is 9.36 Å².